The first-order valence-electron chi connectivity index (χ1n) is 10.4. The van der Waals surface area contributed by atoms with Gasteiger partial charge in [0.1, 0.15) is 12.4 Å². The lowest BCUT2D eigenvalue weighted by molar-refractivity contribution is -0.0553. The van der Waals surface area contributed by atoms with Crippen molar-refractivity contribution in [1.29, 1.82) is 0 Å². The second kappa shape index (κ2) is 8.07. The normalized spacial score (nSPS) is 25.9. The minimum atomic E-state index is -0.993. The lowest BCUT2D eigenvalue weighted by atomic mass is 9.80. The number of aliphatic hydroxyl groups is 1. The molecule has 2 unspecified atom stereocenters. The predicted molar refractivity (Wildman–Crippen MR) is 111 cm³/mol. The molecule has 0 saturated carbocycles. The third-order valence-corrected chi connectivity index (χ3v) is 5.93. The molecule has 2 aromatic rings. The van der Waals surface area contributed by atoms with Gasteiger partial charge in [-0.05, 0) is 38.3 Å². The number of ether oxygens (including phenoxy) is 2. The summed E-state index contributed by atoms with van der Waals surface area (Å²) in [6, 6.07) is 17.4. The van der Waals surface area contributed by atoms with Gasteiger partial charge in [0, 0.05) is 30.5 Å². The van der Waals surface area contributed by atoms with E-state index in [0.717, 1.165) is 29.7 Å². The van der Waals surface area contributed by atoms with Crippen molar-refractivity contribution in [3.63, 3.8) is 0 Å². The molecule has 0 aliphatic carbocycles. The number of amides is 1. The maximum atomic E-state index is 12.8. The highest BCUT2D eigenvalue weighted by Gasteiger charge is 2.51. The van der Waals surface area contributed by atoms with Crippen molar-refractivity contribution in [3.05, 3.63) is 65.7 Å². The summed E-state index contributed by atoms with van der Waals surface area (Å²) in [5.41, 5.74) is 0.803. The van der Waals surface area contributed by atoms with Crippen molar-refractivity contribution >= 4 is 6.09 Å². The second-order valence-corrected chi connectivity index (χ2v) is 8.44. The third-order valence-electron chi connectivity index (χ3n) is 5.93. The van der Waals surface area contributed by atoms with Crippen LogP contribution in [0.2, 0.25) is 0 Å². The zero-order valence-electron chi connectivity index (χ0n) is 17.1. The third kappa shape index (κ3) is 4.10. The lowest BCUT2D eigenvalue weighted by Crippen LogP contribution is -2.52. The Morgan fingerprint density at radius 2 is 1.69 bits per heavy atom. The minimum Gasteiger partial charge on any atom is -0.491 e. The molecule has 2 heterocycles. The fourth-order valence-corrected chi connectivity index (χ4v) is 4.74. The van der Waals surface area contributed by atoms with E-state index >= 15 is 0 Å². The van der Waals surface area contributed by atoms with Crippen LogP contribution < -0.4 is 4.74 Å². The molecule has 0 radical (unpaired) electrons. The summed E-state index contributed by atoms with van der Waals surface area (Å²) < 4.78 is 11.5. The van der Waals surface area contributed by atoms with Crippen LogP contribution in [0.15, 0.2) is 54.6 Å². The monoisotopic (exact) mass is 395 g/mol. The zero-order valence-corrected chi connectivity index (χ0v) is 17.1. The van der Waals surface area contributed by atoms with Crippen LogP contribution in [0, 0.1) is 0 Å². The summed E-state index contributed by atoms with van der Waals surface area (Å²) in [5.74, 6) is 0.726. The Morgan fingerprint density at radius 3 is 2.34 bits per heavy atom. The van der Waals surface area contributed by atoms with Crippen molar-refractivity contribution in [1.82, 2.24) is 4.90 Å². The highest BCUT2D eigenvalue weighted by molar-refractivity contribution is 5.69. The Bertz CT molecular complexity index is 837. The summed E-state index contributed by atoms with van der Waals surface area (Å²) in [5, 5.41) is 11.6. The molecule has 2 atom stereocenters. The molecule has 5 heteroatoms. The highest BCUT2D eigenvalue weighted by atomic mass is 16.6. The number of fused-ring (bicyclic) bond motifs is 2. The van der Waals surface area contributed by atoms with E-state index in [4.69, 9.17) is 9.47 Å². The zero-order chi connectivity index (χ0) is 20.4. The summed E-state index contributed by atoms with van der Waals surface area (Å²) >= 11 is 0. The van der Waals surface area contributed by atoms with E-state index in [1.54, 1.807) is 0 Å². The molecular formula is C24H29NO4. The van der Waals surface area contributed by atoms with Crippen molar-refractivity contribution in [2.24, 2.45) is 0 Å². The standard InChI is InChI=1S/C24H29NO4/c1-17(2)29-22-11-7-6-10-21(22)24(27)14-19-12-13-20(15-24)25(19)23(26)28-16-18-8-4-3-5-9-18/h3-11,17,19-20,27H,12-16H2,1-2H3. The van der Waals surface area contributed by atoms with Crippen molar-refractivity contribution in [3.8, 4) is 5.75 Å². The Balaban J connectivity index is 1.48. The Hall–Kier alpha value is -2.53. The van der Waals surface area contributed by atoms with Gasteiger partial charge in [-0.1, -0.05) is 48.5 Å². The SMILES string of the molecule is CC(C)Oc1ccccc1C1(O)CC2CCC(C1)N2C(=O)OCc1ccccc1. The number of hydrogen-bond donors (Lipinski definition) is 1. The number of nitrogens with zero attached hydrogens (tertiary/aromatic N) is 1. The van der Waals surface area contributed by atoms with E-state index in [1.807, 2.05) is 73.3 Å². The molecule has 2 aliphatic heterocycles. The molecule has 2 fully saturated rings. The Kier molecular flexibility index (Phi) is 5.50. The quantitative estimate of drug-likeness (QED) is 0.802. The van der Waals surface area contributed by atoms with Crippen molar-refractivity contribution in [2.75, 3.05) is 0 Å². The van der Waals surface area contributed by atoms with Gasteiger partial charge in [-0.25, -0.2) is 4.79 Å². The maximum Gasteiger partial charge on any atom is 0.410 e. The molecule has 154 valence electrons. The first-order valence-corrected chi connectivity index (χ1v) is 10.4. The average molecular weight is 395 g/mol. The van der Waals surface area contributed by atoms with Crippen LogP contribution in [-0.2, 0) is 16.9 Å². The molecule has 2 aliphatic rings. The second-order valence-electron chi connectivity index (χ2n) is 8.44. The summed E-state index contributed by atoms with van der Waals surface area (Å²) in [7, 11) is 0. The predicted octanol–water partition coefficient (Wildman–Crippen LogP) is 4.63. The summed E-state index contributed by atoms with van der Waals surface area (Å²) in [6.45, 7) is 4.23. The minimum absolute atomic E-state index is 0.0193. The molecule has 0 spiro atoms. The van der Waals surface area contributed by atoms with Gasteiger partial charge in [-0.2, -0.15) is 0 Å². The average Bonchev–Trinajstić information content (AvgIpc) is 2.99. The maximum absolute atomic E-state index is 12.8. The van der Waals surface area contributed by atoms with Crippen LogP contribution >= 0.6 is 0 Å². The van der Waals surface area contributed by atoms with E-state index in [1.165, 1.54) is 0 Å². The molecule has 2 saturated heterocycles. The van der Waals surface area contributed by atoms with Gasteiger partial charge in [0.2, 0.25) is 0 Å². The number of hydrogen-bond acceptors (Lipinski definition) is 4. The van der Waals surface area contributed by atoms with E-state index in [2.05, 4.69) is 0 Å². The Labute approximate surface area is 172 Å². The van der Waals surface area contributed by atoms with E-state index < -0.39 is 5.60 Å². The molecular weight excluding hydrogens is 366 g/mol. The van der Waals surface area contributed by atoms with Gasteiger partial charge >= 0.3 is 6.09 Å². The highest BCUT2D eigenvalue weighted by Crippen LogP contribution is 2.48. The van der Waals surface area contributed by atoms with Crippen LogP contribution in [0.4, 0.5) is 4.79 Å². The number of para-hydroxylation sites is 1. The van der Waals surface area contributed by atoms with Gasteiger partial charge < -0.3 is 19.5 Å². The van der Waals surface area contributed by atoms with Crippen LogP contribution in [0.25, 0.3) is 0 Å². The molecule has 1 N–H and O–H groups in total. The first-order chi connectivity index (χ1) is 14.0. The van der Waals surface area contributed by atoms with Gasteiger partial charge in [-0.3, -0.25) is 0 Å². The van der Waals surface area contributed by atoms with Crippen LogP contribution in [-0.4, -0.2) is 34.3 Å². The number of piperidine rings is 1. The topological polar surface area (TPSA) is 59.0 Å². The van der Waals surface area contributed by atoms with Gasteiger partial charge in [0.25, 0.3) is 0 Å². The molecule has 2 aromatic carbocycles. The fourth-order valence-electron chi connectivity index (χ4n) is 4.74. The van der Waals surface area contributed by atoms with E-state index in [0.29, 0.717) is 12.8 Å². The number of carbonyl (C=O) groups excluding carboxylic acids is 1. The van der Waals surface area contributed by atoms with Crippen molar-refractivity contribution < 1.29 is 19.4 Å². The largest absolute Gasteiger partial charge is 0.491 e. The van der Waals surface area contributed by atoms with Gasteiger partial charge in [0.05, 0.1) is 11.7 Å². The molecule has 5 nitrogen and oxygen atoms in total. The summed E-state index contributed by atoms with van der Waals surface area (Å²) in [6.07, 6.45) is 2.53. The molecule has 2 bridgehead atoms. The molecule has 29 heavy (non-hydrogen) atoms. The van der Waals surface area contributed by atoms with Gasteiger partial charge in [-0.15, -0.1) is 0 Å². The molecule has 0 aromatic heterocycles. The number of benzene rings is 2. The first kappa shape index (κ1) is 19.8. The van der Waals surface area contributed by atoms with E-state index in [9.17, 15) is 9.90 Å². The smallest absolute Gasteiger partial charge is 0.410 e. The molecule has 1 amide bonds. The van der Waals surface area contributed by atoms with Crippen LogP contribution in [0.1, 0.15) is 50.7 Å². The fraction of sp³-hybridized carbons (Fsp3) is 0.458. The number of rotatable bonds is 5. The number of carbonyl (C=O) groups is 1. The molecule has 4 rings (SSSR count). The van der Waals surface area contributed by atoms with Crippen LogP contribution in [0.3, 0.4) is 0 Å². The van der Waals surface area contributed by atoms with Crippen molar-refractivity contribution in [2.45, 2.75) is 69.9 Å². The van der Waals surface area contributed by atoms with E-state index in [-0.39, 0.29) is 30.9 Å². The van der Waals surface area contributed by atoms with Crippen LogP contribution in [0.5, 0.6) is 5.75 Å². The lowest BCUT2D eigenvalue weighted by Gasteiger charge is -2.43. The summed E-state index contributed by atoms with van der Waals surface area (Å²) in [4.78, 5) is 14.6. The Morgan fingerprint density at radius 1 is 1.07 bits per heavy atom. The van der Waals surface area contributed by atoms with Gasteiger partial charge in [0.15, 0.2) is 0 Å².